The van der Waals surface area contributed by atoms with Gasteiger partial charge in [-0.25, -0.2) is 0 Å². The highest BCUT2D eigenvalue weighted by atomic mass is 16.6. The molecule has 376 valence electrons. The van der Waals surface area contributed by atoms with E-state index in [9.17, 15) is 14.4 Å². The second kappa shape index (κ2) is 53.9. The molecule has 0 bridgehead atoms. The van der Waals surface area contributed by atoms with Crippen molar-refractivity contribution >= 4 is 17.9 Å². The van der Waals surface area contributed by atoms with Gasteiger partial charge >= 0.3 is 17.9 Å². The summed E-state index contributed by atoms with van der Waals surface area (Å²) in [6, 6.07) is 0. The largest absolute Gasteiger partial charge is 0.462 e. The highest BCUT2D eigenvalue weighted by Crippen LogP contribution is 2.14. The zero-order valence-electron chi connectivity index (χ0n) is 42.9. The summed E-state index contributed by atoms with van der Waals surface area (Å²) in [6.07, 6.45) is 71.0. The second-order valence-corrected chi connectivity index (χ2v) is 17.9. The SMILES string of the molecule is CC\C=C/C=C\C=C/CCCCCCCC(=O)OCC(COC(=O)CCCCCCC\C=C/C=C\C=C/C=C\CCCCC)OC(=O)CCCCCCCCC/C=C\CCCCCCCC. The fraction of sp³-hybridized carbons (Fsp3) is 0.683. The van der Waals surface area contributed by atoms with Crippen molar-refractivity contribution in [3.05, 3.63) is 97.2 Å². The lowest BCUT2D eigenvalue weighted by Gasteiger charge is -2.18. The van der Waals surface area contributed by atoms with Gasteiger partial charge in [-0.15, -0.1) is 0 Å². The van der Waals surface area contributed by atoms with Gasteiger partial charge in [-0.1, -0.05) is 234 Å². The van der Waals surface area contributed by atoms with Crippen LogP contribution in [0.3, 0.4) is 0 Å². The number of rotatable bonds is 48. The monoisotopic (exact) mass is 917 g/mol. The number of ether oxygens (including phenoxy) is 3. The molecule has 0 aliphatic heterocycles. The van der Waals surface area contributed by atoms with Crippen molar-refractivity contribution in [2.75, 3.05) is 13.2 Å². The second-order valence-electron chi connectivity index (χ2n) is 17.9. The van der Waals surface area contributed by atoms with Crippen LogP contribution in [0.4, 0.5) is 0 Å². The lowest BCUT2D eigenvalue weighted by molar-refractivity contribution is -0.167. The van der Waals surface area contributed by atoms with Crippen LogP contribution in [0.1, 0.15) is 245 Å². The molecule has 0 saturated heterocycles. The number of carbonyl (C=O) groups is 3. The summed E-state index contributed by atoms with van der Waals surface area (Å²) in [5.74, 6) is -0.944. The summed E-state index contributed by atoms with van der Waals surface area (Å²) in [7, 11) is 0. The zero-order valence-corrected chi connectivity index (χ0v) is 42.9. The van der Waals surface area contributed by atoms with E-state index in [0.717, 1.165) is 109 Å². The minimum atomic E-state index is -0.799. The Morgan fingerprint density at radius 3 is 1.00 bits per heavy atom. The molecule has 1 unspecified atom stereocenters. The molecule has 0 N–H and O–H groups in total. The summed E-state index contributed by atoms with van der Waals surface area (Å²) in [4.78, 5) is 38.1. The first kappa shape index (κ1) is 62.3. The Morgan fingerprint density at radius 1 is 0.318 bits per heavy atom. The van der Waals surface area contributed by atoms with Crippen LogP contribution in [-0.4, -0.2) is 37.2 Å². The van der Waals surface area contributed by atoms with Gasteiger partial charge in [0, 0.05) is 19.3 Å². The summed E-state index contributed by atoms with van der Waals surface area (Å²) >= 11 is 0. The average Bonchev–Trinajstić information content (AvgIpc) is 3.31. The molecule has 0 aliphatic rings. The molecule has 6 nitrogen and oxygen atoms in total. The Labute approximate surface area is 407 Å². The Hall–Kier alpha value is -3.67. The number of hydrogen-bond acceptors (Lipinski definition) is 6. The predicted molar refractivity (Wildman–Crippen MR) is 284 cm³/mol. The molecule has 6 heteroatoms. The predicted octanol–water partition coefficient (Wildman–Crippen LogP) is 18.1. The maximum Gasteiger partial charge on any atom is 0.306 e. The van der Waals surface area contributed by atoms with Crippen LogP contribution in [0.15, 0.2) is 97.2 Å². The highest BCUT2D eigenvalue weighted by molar-refractivity contribution is 5.71. The van der Waals surface area contributed by atoms with Crippen LogP contribution < -0.4 is 0 Å². The van der Waals surface area contributed by atoms with Gasteiger partial charge in [0.25, 0.3) is 0 Å². The molecule has 66 heavy (non-hydrogen) atoms. The van der Waals surface area contributed by atoms with Crippen molar-refractivity contribution in [2.45, 2.75) is 252 Å². The third-order valence-corrected chi connectivity index (χ3v) is 11.4. The molecule has 0 aromatic heterocycles. The molecular formula is C60H100O6. The molecule has 0 rings (SSSR count). The van der Waals surface area contributed by atoms with Crippen molar-refractivity contribution in [1.82, 2.24) is 0 Å². The van der Waals surface area contributed by atoms with Gasteiger partial charge in [-0.3, -0.25) is 14.4 Å². The van der Waals surface area contributed by atoms with Crippen molar-refractivity contribution in [2.24, 2.45) is 0 Å². The molecule has 0 spiro atoms. The molecule has 1 atom stereocenters. The lowest BCUT2D eigenvalue weighted by Crippen LogP contribution is -2.30. The topological polar surface area (TPSA) is 78.9 Å². The summed E-state index contributed by atoms with van der Waals surface area (Å²) in [5, 5.41) is 0. The third-order valence-electron chi connectivity index (χ3n) is 11.4. The van der Waals surface area contributed by atoms with Gasteiger partial charge in [-0.2, -0.15) is 0 Å². The highest BCUT2D eigenvalue weighted by Gasteiger charge is 2.19. The summed E-state index contributed by atoms with van der Waals surface area (Å²) < 4.78 is 16.8. The number of carbonyl (C=O) groups excluding carboxylic acids is 3. The molecule has 0 amide bonds. The first-order valence-corrected chi connectivity index (χ1v) is 27.3. The van der Waals surface area contributed by atoms with Crippen LogP contribution >= 0.6 is 0 Å². The first-order chi connectivity index (χ1) is 32.5. The van der Waals surface area contributed by atoms with Gasteiger partial charge in [0.05, 0.1) is 0 Å². The van der Waals surface area contributed by atoms with E-state index >= 15 is 0 Å². The molecule has 0 aromatic rings. The Kier molecular flexibility index (Phi) is 50.9. The van der Waals surface area contributed by atoms with E-state index in [1.54, 1.807) is 0 Å². The summed E-state index contributed by atoms with van der Waals surface area (Å²) in [6.45, 7) is 6.42. The third kappa shape index (κ3) is 51.3. The van der Waals surface area contributed by atoms with E-state index in [1.807, 2.05) is 0 Å². The van der Waals surface area contributed by atoms with E-state index in [-0.39, 0.29) is 31.1 Å². The van der Waals surface area contributed by atoms with Crippen molar-refractivity contribution in [3.8, 4) is 0 Å². The van der Waals surface area contributed by atoms with Gasteiger partial charge in [-0.05, 0) is 89.9 Å². The fourth-order valence-corrected chi connectivity index (χ4v) is 7.33. The average molecular weight is 917 g/mol. The van der Waals surface area contributed by atoms with E-state index in [0.29, 0.717) is 19.3 Å². The Morgan fingerprint density at radius 2 is 0.606 bits per heavy atom. The first-order valence-electron chi connectivity index (χ1n) is 27.3. The standard InChI is InChI=1S/C60H100O6/c1-4-7-10-13-16-19-22-25-27-29-31-32-35-38-41-44-47-50-53-59(62)65-56-57(55-64-58(61)52-49-46-43-40-37-34-24-21-18-15-12-9-6-3)66-60(63)54-51-48-45-42-39-36-33-30-28-26-23-20-17-14-11-8-5-2/h9,12,15-16,18-19,21-22,24-29,31-32,57H,4-8,10-11,13-14,17,20,23,30,33-56H2,1-3H3/b12-9-,18-15-,19-16-,24-21-,25-22-,28-26-,29-27-,32-31-. The quantitative estimate of drug-likeness (QED) is 0.0199. The Bertz CT molecular complexity index is 1330. The number of allylic oxidation sites excluding steroid dienone is 16. The van der Waals surface area contributed by atoms with Crippen LogP contribution in [0.25, 0.3) is 0 Å². The van der Waals surface area contributed by atoms with Crippen molar-refractivity contribution in [3.63, 3.8) is 0 Å². The molecular weight excluding hydrogens is 817 g/mol. The van der Waals surface area contributed by atoms with Gasteiger partial charge in [0.15, 0.2) is 6.10 Å². The van der Waals surface area contributed by atoms with Crippen LogP contribution in [0.2, 0.25) is 0 Å². The van der Waals surface area contributed by atoms with Crippen LogP contribution in [0.5, 0.6) is 0 Å². The van der Waals surface area contributed by atoms with Crippen LogP contribution in [0, 0.1) is 0 Å². The van der Waals surface area contributed by atoms with Crippen LogP contribution in [-0.2, 0) is 28.6 Å². The normalized spacial score (nSPS) is 12.8. The summed E-state index contributed by atoms with van der Waals surface area (Å²) in [5.41, 5.74) is 0. The van der Waals surface area contributed by atoms with E-state index in [4.69, 9.17) is 14.2 Å². The van der Waals surface area contributed by atoms with Gasteiger partial charge < -0.3 is 14.2 Å². The minimum Gasteiger partial charge on any atom is -0.462 e. The smallest absolute Gasteiger partial charge is 0.306 e. The molecule has 0 saturated carbocycles. The fourth-order valence-electron chi connectivity index (χ4n) is 7.33. The maximum atomic E-state index is 12.8. The Balaban J connectivity index is 4.46. The number of hydrogen-bond donors (Lipinski definition) is 0. The van der Waals surface area contributed by atoms with Crippen molar-refractivity contribution < 1.29 is 28.6 Å². The van der Waals surface area contributed by atoms with Crippen molar-refractivity contribution in [1.29, 1.82) is 0 Å². The molecule has 0 heterocycles. The van der Waals surface area contributed by atoms with E-state index < -0.39 is 6.10 Å². The molecule has 0 aromatic carbocycles. The van der Waals surface area contributed by atoms with E-state index in [1.165, 1.54) is 96.3 Å². The van der Waals surface area contributed by atoms with Gasteiger partial charge in [0.1, 0.15) is 13.2 Å². The number of esters is 3. The number of unbranched alkanes of at least 4 members (excludes halogenated alkanes) is 26. The minimum absolute atomic E-state index is 0.0986. The van der Waals surface area contributed by atoms with E-state index in [2.05, 4.69) is 118 Å². The lowest BCUT2D eigenvalue weighted by atomic mass is 10.1. The van der Waals surface area contributed by atoms with Gasteiger partial charge in [0.2, 0.25) is 0 Å². The molecule has 0 aliphatic carbocycles. The molecule has 0 fully saturated rings. The zero-order chi connectivity index (χ0) is 47.9. The maximum absolute atomic E-state index is 12.8. The molecule has 0 radical (unpaired) electrons.